The van der Waals surface area contributed by atoms with Crippen LogP contribution < -0.4 is 9.47 Å². The Hall–Kier alpha value is -2.12. The van der Waals surface area contributed by atoms with E-state index in [0.717, 1.165) is 0 Å². The SMILES string of the molecule is COc1cccc(CS(=O)(=O)N2CC[C@@H](Oc3cccnc3)C2)c1. The van der Waals surface area contributed by atoms with Gasteiger partial charge in [0.15, 0.2) is 0 Å². The number of benzene rings is 1. The fourth-order valence-corrected chi connectivity index (χ4v) is 4.28. The molecule has 2 aromatic rings. The summed E-state index contributed by atoms with van der Waals surface area (Å²) in [6.07, 6.45) is 3.83. The molecule has 1 fully saturated rings. The van der Waals surface area contributed by atoms with Gasteiger partial charge in [-0.05, 0) is 36.2 Å². The third kappa shape index (κ3) is 4.04. The highest BCUT2D eigenvalue weighted by Crippen LogP contribution is 2.22. The van der Waals surface area contributed by atoms with Gasteiger partial charge in [-0.2, -0.15) is 4.31 Å². The summed E-state index contributed by atoms with van der Waals surface area (Å²) in [4.78, 5) is 4.00. The van der Waals surface area contributed by atoms with E-state index in [1.54, 1.807) is 49.8 Å². The van der Waals surface area contributed by atoms with Crippen molar-refractivity contribution in [2.75, 3.05) is 20.2 Å². The Morgan fingerprint density at radius 3 is 2.83 bits per heavy atom. The number of rotatable bonds is 6. The molecular formula is C17H20N2O4S. The number of sulfonamides is 1. The Labute approximate surface area is 142 Å². The van der Waals surface area contributed by atoms with Crippen molar-refractivity contribution in [3.8, 4) is 11.5 Å². The van der Waals surface area contributed by atoms with Gasteiger partial charge in [0.05, 0.1) is 25.6 Å². The van der Waals surface area contributed by atoms with Crippen molar-refractivity contribution in [1.82, 2.24) is 9.29 Å². The first-order valence-corrected chi connectivity index (χ1v) is 9.35. The maximum absolute atomic E-state index is 12.6. The van der Waals surface area contributed by atoms with Crippen LogP contribution in [0.1, 0.15) is 12.0 Å². The van der Waals surface area contributed by atoms with E-state index in [1.165, 1.54) is 4.31 Å². The first kappa shape index (κ1) is 16.7. The highest BCUT2D eigenvalue weighted by molar-refractivity contribution is 7.88. The molecule has 0 aliphatic carbocycles. The van der Waals surface area contributed by atoms with Crippen LogP contribution in [-0.4, -0.2) is 44.0 Å². The summed E-state index contributed by atoms with van der Waals surface area (Å²) in [6.45, 7) is 0.832. The Morgan fingerprint density at radius 2 is 2.08 bits per heavy atom. The summed E-state index contributed by atoms with van der Waals surface area (Å²) < 4.78 is 37.7. The summed E-state index contributed by atoms with van der Waals surface area (Å²) in [6, 6.07) is 10.7. The van der Waals surface area contributed by atoms with E-state index in [1.807, 2.05) is 6.07 Å². The smallest absolute Gasteiger partial charge is 0.218 e. The fraction of sp³-hybridized carbons (Fsp3) is 0.353. The van der Waals surface area contributed by atoms with Crippen molar-refractivity contribution >= 4 is 10.0 Å². The number of methoxy groups -OCH3 is 1. The molecule has 2 heterocycles. The van der Waals surface area contributed by atoms with Crippen LogP contribution in [0, 0.1) is 0 Å². The number of ether oxygens (including phenoxy) is 2. The molecule has 1 saturated heterocycles. The number of aromatic nitrogens is 1. The molecule has 1 aliphatic rings. The summed E-state index contributed by atoms with van der Waals surface area (Å²) in [5.74, 6) is 1.28. The number of hydrogen-bond acceptors (Lipinski definition) is 5. The first-order valence-electron chi connectivity index (χ1n) is 7.74. The molecule has 0 saturated carbocycles. The average Bonchev–Trinajstić information content (AvgIpc) is 3.05. The topological polar surface area (TPSA) is 68.7 Å². The maximum atomic E-state index is 12.6. The Morgan fingerprint density at radius 1 is 1.25 bits per heavy atom. The Balaban J connectivity index is 1.63. The molecule has 0 amide bonds. The van der Waals surface area contributed by atoms with Crippen molar-refractivity contribution < 1.29 is 17.9 Å². The van der Waals surface area contributed by atoms with Gasteiger partial charge in [-0.3, -0.25) is 4.98 Å². The molecule has 0 spiro atoms. The minimum Gasteiger partial charge on any atom is -0.497 e. The van der Waals surface area contributed by atoms with E-state index in [4.69, 9.17) is 9.47 Å². The van der Waals surface area contributed by atoms with Crippen LogP contribution in [-0.2, 0) is 15.8 Å². The van der Waals surface area contributed by atoms with Gasteiger partial charge >= 0.3 is 0 Å². The van der Waals surface area contributed by atoms with Gasteiger partial charge in [-0.15, -0.1) is 0 Å². The third-order valence-corrected chi connectivity index (χ3v) is 5.74. The van der Waals surface area contributed by atoms with Crippen LogP contribution in [0.2, 0.25) is 0 Å². The minimum absolute atomic E-state index is 0.0379. The van der Waals surface area contributed by atoms with E-state index in [2.05, 4.69) is 4.98 Å². The van der Waals surface area contributed by atoms with Crippen molar-refractivity contribution in [3.05, 3.63) is 54.4 Å². The maximum Gasteiger partial charge on any atom is 0.218 e. The second-order valence-electron chi connectivity index (χ2n) is 5.68. The zero-order valence-electron chi connectivity index (χ0n) is 13.5. The summed E-state index contributed by atoms with van der Waals surface area (Å²) >= 11 is 0. The number of nitrogens with zero attached hydrogens (tertiary/aromatic N) is 2. The molecule has 3 rings (SSSR count). The lowest BCUT2D eigenvalue weighted by Gasteiger charge is -2.17. The largest absolute Gasteiger partial charge is 0.497 e. The molecule has 1 aromatic heterocycles. The Bertz CT molecular complexity index is 780. The standard InChI is InChI=1S/C17H20N2O4S/c1-22-15-5-2-4-14(10-15)13-24(20,21)19-9-7-17(12-19)23-16-6-3-8-18-11-16/h2-6,8,10-11,17H,7,9,12-13H2,1H3/t17-/m1/s1. The Kier molecular flexibility index (Phi) is 5.01. The zero-order chi connectivity index (χ0) is 17.0. The fourth-order valence-electron chi connectivity index (χ4n) is 2.72. The van der Waals surface area contributed by atoms with Crippen molar-refractivity contribution in [2.45, 2.75) is 18.3 Å². The number of hydrogen-bond donors (Lipinski definition) is 0. The lowest BCUT2D eigenvalue weighted by atomic mass is 10.2. The summed E-state index contributed by atoms with van der Waals surface area (Å²) in [5.41, 5.74) is 0.714. The van der Waals surface area contributed by atoms with Crippen LogP contribution in [0.3, 0.4) is 0 Å². The predicted octanol–water partition coefficient (Wildman–Crippen LogP) is 2.07. The zero-order valence-corrected chi connectivity index (χ0v) is 14.3. The lowest BCUT2D eigenvalue weighted by Crippen LogP contribution is -2.32. The molecule has 0 N–H and O–H groups in total. The van der Waals surface area contributed by atoms with Gasteiger partial charge in [0.2, 0.25) is 10.0 Å². The predicted molar refractivity (Wildman–Crippen MR) is 90.5 cm³/mol. The molecule has 0 unspecified atom stereocenters. The summed E-state index contributed by atoms with van der Waals surface area (Å²) in [5, 5.41) is 0. The molecule has 7 heteroatoms. The summed E-state index contributed by atoms with van der Waals surface area (Å²) in [7, 11) is -1.82. The molecule has 24 heavy (non-hydrogen) atoms. The van der Waals surface area contributed by atoms with Crippen LogP contribution in [0.15, 0.2) is 48.8 Å². The van der Waals surface area contributed by atoms with Gasteiger partial charge in [-0.1, -0.05) is 12.1 Å². The van der Waals surface area contributed by atoms with Crippen LogP contribution in [0.4, 0.5) is 0 Å². The monoisotopic (exact) mass is 348 g/mol. The van der Waals surface area contributed by atoms with Gasteiger partial charge in [0, 0.05) is 12.7 Å². The van der Waals surface area contributed by atoms with Crippen LogP contribution in [0.25, 0.3) is 0 Å². The minimum atomic E-state index is -3.38. The average molecular weight is 348 g/mol. The molecule has 128 valence electrons. The molecule has 0 radical (unpaired) electrons. The van der Waals surface area contributed by atoms with E-state index in [-0.39, 0.29) is 11.9 Å². The second kappa shape index (κ2) is 7.19. The van der Waals surface area contributed by atoms with Gasteiger partial charge in [-0.25, -0.2) is 8.42 Å². The van der Waals surface area contributed by atoms with Crippen molar-refractivity contribution in [3.63, 3.8) is 0 Å². The molecule has 0 bridgehead atoms. The van der Waals surface area contributed by atoms with Gasteiger partial charge in [0.1, 0.15) is 17.6 Å². The number of pyridine rings is 1. The first-order chi connectivity index (χ1) is 11.6. The van der Waals surface area contributed by atoms with E-state index < -0.39 is 10.0 Å². The van der Waals surface area contributed by atoms with E-state index in [0.29, 0.717) is 36.6 Å². The van der Waals surface area contributed by atoms with Gasteiger partial charge in [0.25, 0.3) is 0 Å². The van der Waals surface area contributed by atoms with E-state index >= 15 is 0 Å². The van der Waals surface area contributed by atoms with Crippen LogP contribution in [0.5, 0.6) is 11.5 Å². The second-order valence-corrected chi connectivity index (χ2v) is 7.65. The molecular weight excluding hydrogens is 328 g/mol. The highest BCUT2D eigenvalue weighted by Gasteiger charge is 2.32. The molecule has 1 atom stereocenters. The van der Waals surface area contributed by atoms with Crippen molar-refractivity contribution in [2.24, 2.45) is 0 Å². The molecule has 1 aromatic carbocycles. The van der Waals surface area contributed by atoms with E-state index in [9.17, 15) is 8.42 Å². The lowest BCUT2D eigenvalue weighted by molar-refractivity contribution is 0.214. The molecule has 1 aliphatic heterocycles. The van der Waals surface area contributed by atoms with Crippen LogP contribution >= 0.6 is 0 Å². The normalized spacial score (nSPS) is 18.5. The molecule has 6 nitrogen and oxygen atoms in total. The third-order valence-electron chi connectivity index (χ3n) is 3.92. The highest BCUT2D eigenvalue weighted by atomic mass is 32.2. The van der Waals surface area contributed by atoms with Crippen molar-refractivity contribution in [1.29, 1.82) is 0 Å². The van der Waals surface area contributed by atoms with Gasteiger partial charge < -0.3 is 9.47 Å². The quantitative estimate of drug-likeness (QED) is 0.799.